The Hall–Kier alpha value is -2.20. The van der Waals surface area contributed by atoms with E-state index in [0.717, 1.165) is 22.4 Å². The predicted molar refractivity (Wildman–Crippen MR) is 88.5 cm³/mol. The molecule has 0 saturated carbocycles. The second-order valence-corrected chi connectivity index (χ2v) is 6.79. The molecule has 0 unspecified atom stereocenters. The van der Waals surface area contributed by atoms with E-state index in [-0.39, 0.29) is 11.9 Å². The molecule has 0 spiro atoms. The van der Waals surface area contributed by atoms with E-state index in [1.807, 2.05) is 32.0 Å². The number of aliphatic hydroxyl groups is 1. The number of aromatic hydroxyl groups is 1. The van der Waals surface area contributed by atoms with E-state index in [2.05, 4.69) is 0 Å². The fraction of sp³-hybridized carbons (Fsp3) is 0.368. The first-order valence-corrected chi connectivity index (χ1v) is 7.73. The molecule has 2 N–H and O–H groups in total. The molecule has 1 heterocycles. The van der Waals surface area contributed by atoms with Crippen LogP contribution >= 0.6 is 0 Å². The van der Waals surface area contributed by atoms with Gasteiger partial charge in [-0.3, -0.25) is 0 Å². The van der Waals surface area contributed by atoms with Crippen molar-refractivity contribution < 1.29 is 19.7 Å². The van der Waals surface area contributed by atoms with Crippen molar-refractivity contribution in [2.24, 2.45) is 0 Å². The lowest BCUT2D eigenvalue weighted by Gasteiger charge is -2.24. The topological polar surface area (TPSA) is 58.9 Å². The molecule has 122 valence electrons. The maximum absolute atomic E-state index is 10.2. The maximum atomic E-state index is 10.2. The highest BCUT2D eigenvalue weighted by Gasteiger charge is 2.35. The number of hydrogen-bond acceptors (Lipinski definition) is 4. The minimum atomic E-state index is -0.894. The van der Waals surface area contributed by atoms with E-state index in [1.54, 1.807) is 26.0 Å². The number of aryl methyl sites for hydroxylation is 2. The summed E-state index contributed by atoms with van der Waals surface area (Å²) < 4.78 is 11.8. The Morgan fingerprint density at radius 1 is 1.09 bits per heavy atom. The van der Waals surface area contributed by atoms with Gasteiger partial charge in [-0.25, -0.2) is 0 Å². The summed E-state index contributed by atoms with van der Waals surface area (Å²) in [6, 6.07) is 8.92. The highest BCUT2D eigenvalue weighted by atomic mass is 16.5. The van der Waals surface area contributed by atoms with Crippen molar-refractivity contribution in [2.45, 2.75) is 45.8 Å². The number of rotatable bonds is 3. The molecular formula is C19H22O4. The van der Waals surface area contributed by atoms with Crippen LogP contribution < -0.4 is 9.47 Å². The van der Waals surface area contributed by atoms with Crippen LogP contribution in [0, 0.1) is 13.8 Å². The Labute approximate surface area is 136 Å². The highest BCUT2D eigenvalue weighted by Crippen LogP contribution is 2.39. The molecular weight excluding hydrogens is 292 g/mol. The quantitative estimate of drug-likeness (QED) is 0.903. The molecule has 2 aromatic rings. The third kappa shape index (κ3) is 3.27. The van der Waals surface area contributed by atoms with Crippen LogP contribution in [0.2, 0.25) is 0 Å². The molecule has 0 amide bonds. The summed E-state index contributed by atoms with van der Waals surface area (Å²) in [4.78, 5) is 0. The van der Waals surface area contributed by atoms with Crippen LogP contribution in [0.25, 0.3) is 0 Å². The van der Waals surface area contributed by atoms with Crippen molar-refractivity contribution in [3.8, 4) is 23.0 Å². The minimum absolute atomic E-state index is 0.177. The highest BCUT2D eigenvalue weighted by molar-refractivity contribution is 5.50. The standard InChI is InChI=1S/C19H22O4/c1-11-5-13(20)8-14(6-11)22-15-7-12(2)16-10-18(19(3,4)21)23-17(16)9-15/h5-9,18,20-21H,10H2,1-4H3/t18-/m0/s1. The van der Waals surface area contributed by atoms with Crippen molar-refractivity contribution in [3.63, 3.8) is 0 Å². The lowest BCUT2D eigenvalue weighted by atomic mass is 9.95. The molecule has 0 aromatic heterocycles. The molecule has 0 saturated heterocycles. The predicted octanol–water partition coefficient (Wildman–Crippen LogP) is 3.88. The monoisotopic (exact) mass is 314 g/mol. The van der Waals surface area contributed by atoms with Crippen molar-refractivity contribution >= 4 is 0 Å². The van der Waals surface area contributed by atoms with Crippen LogP contribution in [0.4, 0.5) is 0 Å². The van der Waals surface area contributed by atoms with Gasteiger partial charge in [-0.15, -0.1) is 0 Å². The largest absolute Gasteiger partial charge is 0.508 e. The minimum Gasteiger partial charge on any atom is -0.508 e. The van der Waals surface area contributed by atoms with Gasteiger partial charge in [-0.2, -0.15) is 0 Å². The van der Waals surface area contributed by atoms with Gasteiger partial charge in [-0.1, -0.05) is 0 Å². The Bertz CT molecular complexity index is 724. The number of phenolic OH excluding ortho intramolecular Hbond substituents is 1. The summed E-state index contributed by atoms with van der Waals surface area (Å²) in [5.74, 6) is 2.17. The number of benzene rings is 2. The average Bonchev–Trinajstić information content (AvgIpc) is 2.81. The van der Waals surface area contributed by atoms with Gasteiger partial charge in [0.05, 0.1) is 5.60 Å². The number of phenols is 1. The van der Waals surface area contributed by atoms with Crippen LogP contribution in [0.5, 0.6) is 23.0 Å². The van der Waals surface area contributed by atoms with E-state index in [1.165, 1.54) is 0 Å². The van der Waals surface area contributed by atoms with Gasteiger partial charge in [0.25, 0.3) is 0 Å². The van der Waals surface area contributed by atoms with E-state index in [9.17, 15) is 10.2 Å². The summed E-state index contributed by atoms with van der Waals surface area (Å²) in [5, 5.41) is 19.8. The molecule has 1 aliphatic rings. The molecule has 0 bridgehead atoms. The maximum Gasteiger partial charge on any atom is 0.131 e. The zero-order valence-corrected chi connectivity index (χ0v) is 13.9. The zero-order chi connectivity index (χ0) is 16.8. The van der Waals surface area contributed by atoms with Gasteiger partial charge >= 0.3 is 0 Å². The van der Waals surface area contributed by atoms with Gasteiger partial charge in [0, 0.05) is 24.1 Å². The van der Waals surface area contributed by atoms with Crippen molar-refractivity contribution in [1.82, 2.24) is 0 Å². The summed E-state index contributed by atoms with van der Waals surface area (Å²) in [6.07, 6.45) is 0.436. The van der Waals surface area contributed by atoms with Crippen molar-refractivity contribution in [2.75, 3.05) is 0 Å². The number of ether oxygens (including phenoxy) is 2. The number of fused-ring (bicyclic) bond motifs is 1. The Kier molecular flexibility index (Phi) is 3.72. The van der Waals surface area contributed by atoms with Gasteiger partial charge in [0.1, 0.15) is 29.1 Å². The fourth-order valence-corrected chi connectivity index (χ4v) is 2.88. The Balaban J connectivity index is 1.88. The van der Waals surface area contributed by atoms with Crippen LogP contribution in [0.15, 0.2) is 30.3 Å². The van der Waals surface area contributed by atoms with Crippen molar-refractivity contribution in [1.29, 1.82) is 0 Å². The lowest BCUT2D eigenvalue weighted by molar-refractivity contribution is -0.0230. The molecule has 4 nitrogen and oxygen atoms in total. The van der Waals surface area contributed by atoms with E-state index < -0.39 is 5.60 Å². The lowest BCUT2D eigenvalue weighted by Crippen LogP contribution is -2.39. The third-order valence-electron chi connectivity index (χ3n) is 4.12. The third-order valence-corrected chi connectivity index (χ3v) is 4.12. The van der Waals surface area contributed by atoms with Crippen LogP contribution in [0.1, 0.15) is 30.5 Å². The van der Waals surface area contributed by atoms with Crippen LogP contribution in [0.3, 0.4) is 0 Å². The number of hydrogen-bond donors (Lipinski definition) is 2. The second kappa shape index (κ2) is 5.46. The van der Waals surface area contributed by atoms with E-state index >= 15 is 0 Å². The van der Waals surface area contributed by atoms with Gasteiger partial charge in [-0.05, 0) is 57.0 Å². The van der Waals surface area contributed by atoms with Gasteiger partial charge in [0.2, 0.25) is 0 Å². The van der Waals surface area contributed by atoms with Crippen LogP contribution in [-0.2, 0) is 6.42 Å². The van der Waals surface area contributed by atoms with Gasteiger partial charge < -0.3 is 19.7 Å². The van der Waals surface area contributed by atoms with E-state index in [0.29, 0.717) is 17.9 Å². The molecule has 2 aromatic carbocycles. The molecule has 1 aliphatic heterocycles. The first-order chi connectivity index (χ1) is 10.7. The smallest absolute Gasteiger partial charge is 0.131 e. The summed E-state index contributed by atoms with van der Waals surface area (Å²) in [6.45, 7) is 7.42. The first-order valence-electron chi connectivity index (χ1n) is 7.73. The summed E-state index contributed by atoms with van der Waals surface area (Å²) >= 11 is 0. The SMILES string of the molecule is Cc1cc(O)cc(Oc2cc(C)c3c(c2)O[C@H](C(C)(C)O)C3)c1. The molecule has 1 atom stereocenters. The normalized spacial score (nSPS) is 16.8. The Morgan fingerprint density at radius 2 is 1.78 bits per heavy atom. The Morgan fingerprint density at radius 3 is 2.43 bits per heavy atom. The molecule has 0 fully saturated rings. The second-order valence-electron chi connectivity index (χ2n) is 6.79. The van der Waals surface area contributed by atoms with E-state index in [4.69, 9.17) is 9.47 Å². The van der Waals surface area contributed by atoms with Crippen molar-refractivity contribution in [3.05, 3.63) is 47.0 Å². The fourth-order valence-electron chi connectivity index (χ4n) is 2.88. The molecule has 0 aliphatic carbocycles. The summed E-state index contributed by atoms with van der Waals surface area (Å²) in [5.41, 5.74) is 2.21. The molecule has 4 heteroatoms. The first kappa shape index (κ1) is 15.7. The van der Waals surface area contributed by atoms with Crippen LogP contribution in [-0.4, -0.2) is 21.9 Å². The molecule has 23 heavy (non-hydrogen) atoms. The summed E-state index contributed by atoms with van der Waals surface area (Å²) in [7, 11) is 0. The molecule has 0 radical (unpaired) electrons. The average molecular weight is 314 g/mol. The molecule has 3 rings (SSSR count). The zero-order valence-electron chi connectivity index (χ0n) is 13.9. The van der Waals surface area contributed by atoms with Gasteiger partial charge in [0.15, 0.2) is 0 Å².